The van der Waals surface area contributed by atoms with Crippen molar-refractivity contribution in [1.82, 2.24) is 46.2 Å². The quantitative estimate of drug-likeness (QED) is 0.152. The van der Waals surface area contributed by atoms with Gasteiger partial charge < -0.3 is 36.2 Å². The van der Waals surface area contributed by atoms with E-state index in [9.17, 15) is 0 Å². The molecule has 10 nitrogen and oxygen atoms in total. The second-order valence-corrected chi connectivity index (χ2v) is 32.2. The standard InChI is InChI=1S/6C13H13N.2C12H12N2/c2*1-9-8-14-12-6-4-3-5-11(12)7-13(14)10(9)2;2*1-9-7-13-12(10(9)2)8-11-5-3-4-6-14(11)13;2*1-9-7-12-8-11-5-3-4-6-13(11)14(12)10(9)2;2*1-8-7-12-13-10-5-3-4-6-11(10)14(12)9(8)2/h4*3-6,8H,7H2,1-2H3;2*3-7H,8H2,1-2H3;2*3-6H,7H2,1-2H3. The molecule has 16 aromatic rings. The molecule has 0 atom stereocenters. The molecule has 0 bridgehead atoms. The van der Waals surface area contributed by atoms with Gasteiger partial charge in [0.15, 0.2) is 0 Å². The maximum atomic E-state index is 4.62. The number of para-hydroxylation sites is 8. The Bertz CT molecular complexity index is 6170. The minimum Gasteiger partial charge on any atom is -0.320 e. The van der Waals surface area contributed by atoms with Crippen molar-refractivity contribution in [2.45, 2.75) is 162 Å². The average molecular weight is 1470 g/mol. The molecule has 2 aliphatic carbocycles. The first-order chi connectivity index (χ1) is 54.2. The number of pyridine rings is 2. The Hall–Kier alpha value is -12.1. The van der Waals surface area contributed by atoms with Crippen molar-refractivity contribution in [3.8, 4) is 22.7 Å². The molecule has 6 aromatic carbocycles. The summed E-state index contributed by atoms with van der Waals surface area (Å²) in [7, 11) is 0. The third kappa shape index (κ3) is 12.8. The molecule has 0 spiro atoms. The van der Waals surface area contributed by atoms with E-state index in [4.69, 9.17) is 0 Å². The Morgan fingerprint density at radius 1 is 0.286 bits per heavy atom. The molecule has 6 aliphatic heterocycles. The van der Waals surface area contributed by atoms with Crippen molar-refractivity contribution in [3.05, 3.63) is 377 Å². The number of aryl methyl sites for hydroxylation is 4. The minimum atomic E-state index is 1.00. The Morgan fingerprint density at radius 3 is 1.04 bits per heavy atom. The van der Waals surface area contributed by atoms with Gasteiger partial charge in [-0.25, -0.2) is 9.97 Å². The molecule has 0 fully saturated rings. The molecule has 0 unspecified atom stereocenters. The molecular formula is C102H102N10. The molecule has 0 radical (unpaired) electrons. The lowest BCUT2D eigenvalue weighted by molar-refractivity contribution is 0.990. The van der Waals surface area contributed by atoms with Crippen LogP contribution in [0.5, 0.6) is 0 Å². The first-order valence-electron chi connectivity index (χ1n) is 40.0. The van der Waals surface area contributed by atoms with Crippen LogP contribution in [-0.2, 0) is 51.4 Å². The van der Waals surface area contributed by atoms with Gasteiger partial charge in [0.2, 0.25) is 0 Å². The molecule has 10 heteroatoms. The highest BCUT2D eigenvalue weighted by Crippen LogP contribution is 2.40. The molecule has 0 amide bonds. The van der Waals surface area contributed by atoms with Crippen molar-refractivity contribution in [3.63, 3.8) is 0 Å². The summed E-state index contributed by atoms with van der Waals surface area (Å²) in [5.74, 6) is 2.36. The van der Waals surface area contributed by atoms with Crippen LogP contribution >= 0.6 is 0 Å². The van der Waals surface area contributed by atoms with Gasteiger partial charge in [0.1, 0.15) is 11.6 Å². The summed E-state index contributed by atoms with van der Waals surface area (Å²) in [6, 6.07) is 73.1. The number of imidazole rings is 2. The molecule has 112 heavy (non-hydrogen) atoms. The van der Waals surface area contributed by atoms with Crippen LogP contribution in [0.4, 0.5) is 0 Å². The molecule has 16 heterocycles. The van der Waals surface area contributed by atoms with Gasteiger partial charge in [-0.05, 0) is 297 Å². The molecule has 24 rings (SSSR count). The monoisotopic (exact) mass is 1470 g/mol. The third-order valence-corrected chi connectivity index (χ3v) is 25.4. The van der Waals surface area contributed by atoms with Crippen molar-refractivity contribution in [2.24, 2.45) is 0 Å². The number of rotatable bonds is 0. The van der Waals surface area contributed by atoms with Crippen molar-refractivity contribution >= 4 is 55.6 Å². The van der Waals surface area contributed by atoms with Crippen molar-refractivity contribution in [1.29, 1.82) is 0 Å². The topological polar surface area (TPSA) is 64.2 Å². The fourth-order valence-electron chi connectivity index (χ4n) is 18.1. The summed E-state index contributed by atoms with van der Waals surface area (Å²) in [6.07, 6.45) is 17.4. The first kappa shape index (κ1) is 72.7. The highest BCUT2D eigenvalue weighted by atomic mass is 15.1. The summed E-state index contributed by atoms with van der Waals surface area (Å²) >= 11 is 0. The van der Waals surface area contributed by atoms with Gasteiger partial charge in [-0.2, -0.15) is 0 Å². The van der Waals surface area contributed by atoms with E-state index < -0.39 is 0 Å². The normalized spacial score (nSPS) is 14.0. The van der Waals surface area contributed by atoms with Crippen LogP contribution in [0.15, 0.2) is 253 Å². The van der Waals surface area contributed by atoms with Crippen LogP contribution in [0.25, 0.3) is 78.4 Å². The van der Waals surface area contributed by atoms with Gasteiger partial charge in [0, 0.05) is 167 Å². The van der Waals surface area contributed by atoms with Crippen LogP contribution in [0.1, 0.15) is 179 Å². The molecular weight excluding hydrogens is 1370 g/mol. The number of hydrogen-bond donors (Lipinski definition) is 0. The zero-order valence-electron chi connectivity index (χ0n) is 68.1. The van der Waals surface area contributed by atoms with Crippen LogP contribution in [0.2, 0.25) is 0 Å². The van der Waals surface area contributed by atoms with Gasteiger partial charge in [0.05, 0.1) is 22.1 Å². The molecule has 10 aromatic heterocycles. The summed E-state index contributed by atoms with van der Waals surface area (Å²) < 4.78 is 18.6. The van der Waals surface area contributed by atoms with Gasteiger partial charge in [0.25, 0.3) is 0 Å². The van der Waals surface area contributed by atoms with Gasteiger partial charge in [-0.3, -0.25) is 0 Å². The number of nitrogens with zero attached hydrogens (tertiary/aromatic N) is 10. The number of benzene rings is 6. The maximum absolute atomic E-state index is 4.62. The Balaban J connectivity index is 0.0000000929. The zero-order chi connectivity index (χ0) is 77.7. The lowest BCUT2D eigenvalue weighted by Gasteiger charge is -2.05. The number of allylic oxidation sites excluding steroid dienone is 8. The fourth-order valence-corrected chi connectivity index (χ4v) is 18.1. The largest absolute Gasteiger partial charge is 0.320 e. The van der Waals surface area contributed by atoms with Crippen molar-refractivity contribution in [2.75, 3.05) is 0 Å². The maximum Gasteiger partial charge on any atom is 0.118 e. The van der Waals surface area contributed by atoms with E-state index in [-0.39, 0.29) is 0 Å². The van der Waals surface area contributed by atoms with Crippen LogP contribution < -0.4 is 0 Å². The zero-order valence-corrected chi connectivity index (χ0v) is 68.1. The first-order valence-corrected chi connectivity index (χ1v) is 40.0. The molecule has 0 N–H and O–H groups in total. The Kier molecular flexibility index (Phi) is 19.0. The second kappa shape index (κ2) is 29.3. The average Bonchev–Trinajstić information content (AvgIpc) is 1.68. The van der Waals surface area contributed by atoms with Crippen molar-refractivity contribution < 1.29 is 0 Å². The van der Waals surface area contributed by atoms with E-state index >= 15 is 0 Å². The van der Waals surface area contributed by atoms with Crippen LogP contribution in [-0.4, -0.2) is 46.2 Å². The molecule has 0 saturated carbocycles. The highest BCUT2D eigenvalue weighted by Gasteiger charge is 2.27. The van der Waals surface area contributed by atoms with Crippen LogP contribution in [0, 0.1) is 55.4 Å². The number of aromatic nitrogens is 10. The van der Waals surface area contributed by atoms with E-state index in [1.807, 2.05) is 12.1 Å². The van der Waals surface area contributed by atoms with Gasteiger partial charge in [-0.15, -0.1) is 0 Å². The number of hydrogen-bond acceptors (Lipinski definition) is 2. The minimum absolute atomic E-state index is 1.00. The van der Waals surface area contributed by atoms with Gasteiger partial charge >= 0.3 is 0 Å². The van der Waals surface area contributed by atoms with E-state index in [0.29, 0.717) is 0 Å². The molecule has 8 aliphatic rings. The van der Waals surface area contributed by atoms with E-state index in [1.165, 1.54) is 214 Å². The molecule has 560 valence electrons. The smallest absolute Gasteiger partial charge is 0.118 e. The Morgan fingerprint density at radius 2 is 0.634 bits per heavy atom. The number of fused-ring (bicyclic) bond motifs is 24. The predicted octanol–water partition coefficient (Wildman–Crippen LogP) is 24.3. The van der Waals surface area contributed by atoms with E-state index in [2.05, 4.69) is 376 Å². The van der Waals surface area contributed by atoms with Crippen LogP contribution in [0.3, 0.4) is 0 Å². The fraction of sp³-hybridized carbons (Fsp3) is 0.235. The van der Waals surface area contributed by atoms with E-state index in [0.717, 1.165) is 62.4 Å². The highest BCUT2D eigenvalue weighted by molar-refractivity contribution is 5.84. The van der Waals surface area contributed by atoms with E-state index in [1.54, 1.807) is 0 Å². The Labute approximate surface area is 660 Å². The lowest BCUT2D eigenvalue weighted by Crippen LogP contribution is -1.94. The summed E-state index contributed by atoms with van der Waals surface area (Å²) in [6.45, 7) is 35.1. The molecule has 0 saturated heterocycles. The summed E-state index contributed by atoms with van der Waals surface area (Å²) in [4.78, 5) is 9.23. The summed E-state index contributed by atoms with van der Waals surface area (Å²) in [5.41, 5.74) is 52.8. The predicted molar refractivity (Wildman–Crippen MR) is 467 cm³/mol. The third-order valence-electron chi connectivity index (χ3n) is 25.4. The summed E-state index contributed by atoms with van der Waals surface area (Å²) in [5, 5.41) is 0. The lowest BCUT2D eigenvalue weighted by atomic mass is 10.1. The second-order valence-electron chi connectivity index (χ2n) is 32.2. The SMILES string of the molecule is CC1=C(C)c2cc3ccccn3c2C1.CC1=C(C)c2cc3ccccn3c2C1.CC1=C(C)n2c(nc3ccccc32)C1.CC1=C(C)n2c(nc3ccccc32)C1.Cc1cc2n(c1C)-c1ccccc1C2.Cc1cc2n(c1C)-c1ccccc1C2.Cc1cn2c(c1C)Cc1ccccc1-2.Cc1cn2c(c1C)Cc1ccccc1-2. The van der Waals surface area contributed by atoms with Gasteiger partial charge in [-0.1, -0.05) is 120 Å².